The predicted molar refractivity (Wildman–Crippen MR) is 86.7 cm³/mol. The lowest BCUT2D eigenvalue weighted by Gasteiger charge is -2.26. The Balaban J connectivity index is 2.07. The van der Waals surface area contributed by atoms with Crippen LogP contribution in [0.25, 0.3) is 0 Å². The molecule has 1 saturated heterocycles. The van der Waals surface area contributed by atoms with Crippen molar-refractivity contribution in [1.82, 2.24) is 4.90 Å². The van der Waals surface area contributed by atoms with Crippen LogP contribution >= 0.6 is 0 Å². The summed E-state index contributed by atoms with van der Waals surface area (Å²) in [6.07, 6.45) is 0.711. The Bertz CT molecular complexity index is 531. The van der Waals surface area contributed by atoms with Gasteiger partial charge in [0, 0.05) is 13.1 Å². The smallest absolute Gasteiger partial charge is 0.314 e. The molecule has 0 radical (unpaired) electrons. The lowest BCUT2D eigenvalue weighted by molar-refractivity contribution is -0.161. The number of nitrogens with zero attached hydrogens (tertiary/aromatic N) is 1. The van der Waals surface area contributed by atoms with Gasteiger partial charge in [0.25, 0.3) is 0 Å². The third-order valence-electron chi connectivity index (χ3n) is 4.18. The molecule has 0 spiro atoms. The van der Waals surface area contributed by atoms with Crippen molar-refractivity contribution in [2.24, 2.45) is 5.41 Å². The molecule has 1 aliphatic rings. The number of carbonyl (C=O) groups excluding carboxylic acids is 2. The number of esters is 2. The van der Waals surface area contributed by atoms with Gasteiger partial charge >= 0.3 is 11.9 Å². The fourth-order valence-corrected chi connectivity index (χ4v) is 3.09. The zero-order valence-corrected chi connectivity index (χ0v) is 13.9. The number of likely N-dealkylation sites (tertiary alicyclic amines) is 1. The molecular weight excluding hydrogens is 294 g/mol. The summed E-state index contributed by atoms with van der Waals surface area (Å²) in [6, 6.07) is 10.1. The van der Waals surface area contributed by atoms with Gasteiger partial charge in [-0.15, -0.1) is 0 Å². The topological polar surface area (TPSA) is 55.8 Å². The lowest BCUT2D eigenvalue weighted by Crippen LogP contribution is -2.38. The van der Waals surface area contributed by atoms with Gasteiger partial charge < -0.3 is 9.47 Å². The van der Waals surface area contributed by atoms with Crippen molar-refractivity contribution in [3.8, 4) is 0 Å². The lowest BCUT2D eigenvalue weighted by atomic mass is 9.83. The molecule has 0 N–H and O–H groups in total. The van der Waals surface area contributed by atoms with Gasteiger partial charge in [0.15, 0.2) is 0 Å². The zero-order chi connectivity index (χ0) is 16.7. The summed E-state index contributed by atoms with van der Waals surface area (Å²) in [5, 5.41) is 0. The van der Waals surface area contributed by atoms with E-state index in [4.69, 9.17) is 9.47 Å². The Morgan fingerprint density at radius 3 is 2.48 bits per heavy atom. The van der Waals surface area contributed by atoms with E-state index in [-0.39, 0.29) is 18.4 Å². The maximum atomic E-state index is 12.4. The highest BCUT2D eigenvalue weighted by Gasteiger charge is 2.47. The number of carbonyl (C=O) groups is 2. The molecule has 5 heteroatoms. The summed E-state index contributed by atoms with van der Waals surface area (Å²) in [6.45, 7) is 6.27. The molecule has 0 bridgehead atoms. The van der Waals surface area contributed by atoms with Crippen molar-refractivity contribution < 1.29 is 19.1 Å². The molecule has 1 fully saturated rings. The third kappa shape index (κ3) is 4.55. The maximum Gasteiger partial charge on any atom is 0.314 e. The highest BCUT2D eigenvalue weighted by atomic mass is 16.5. The fourth-order valence-electron chi connectivity index (χ4n) is 3.09. The number of ether oxygens (including phenoxy) is 2. The quantitative estimate of drug-likeness (QED) is 0.722. The molecule has 1 unspecified atom stereocenters. The van der Waals surface area contributed by atoms with Crippen LogP contribution in [0.5, 0.6) is 0 Å². The Labute approximate surface area is 137 Å². The average Bonchev–Trinajstić information content (AvgIpc) is 2.93. The molecule has 0 aromatic heterocycles. The van der Waals surface area contributed by atoms with E-state index in [1.807, 2.05) is 18.2 Å². The molecule has 2 rings (SSSR count). The van der Waals surface area contributed by atoms with Crippen molar-refractivity contribution in [2.75, 3.05) is 26.3 Å². The van der Waals surface area contributed by atoms with E-state index in [2.05, 4.69) is 17.0 Å². The van der Waals surface area contributed by atoms with E-state index in [9.17, 15) is 9.59 Å². The summed E-state index contributed by atoms with van der Waals surface area (Å²) in [7, 11) is 0. The van der Waals surface area contributed by atoms with Gasteiger partial charge in [0.1, 0.15) is 0 Å². The van der Waals surface area contributed by atoms with Gasteiger partial charge in [-0.25, -0.2) is 0 Å². The molecule has 1 atom stereocenters. The average molecular weight is 319 g/mol. The van der Waals surface area contributed by atoms with E-state index in [1.165, 1.54) is 5.56 Å². The van der Waals surface area contributed by atoms with Crippen LogP contribution in [0.2, 0.25) is 0 Å². The SMILES string of the molecule is CCOC(=O)CC1(C(=O)OCC)CCN(Cc2ccccc2)C1. The second-order valence-electron chi connectivity index (χ2n) is 5.93. The van der Waals surface area contributed by atoms with Crippen LogP contribution < -0.4 is 0 Å². The standard InChI is InChI=1S/C18H25NO4/c1-3-22-16(20)12-18(17(21)23-4-2)10-11-19(14-18)13-15-8-6-5-7-9-15/h5-9H,3-4,10-14H2,1-2H3. The highest BCUT2D eigenvalue weighted by Crippen LogP contribution is 2.36. The van der Waals surface area contributed by atoms with Crippen molar-refractivity contribution >= 4 is 11.9 Å². The van der Waals surface area contributed by atoms with E-state index in [0.717, 1.165) is 13.1 Å². The molecule has 1 aliphatic heterocycles. The Morgan fingerprint density at radius 1 is 1.13 bits per heavy atom. The highest BCUT2D eigenvalue weighted by molar-refractivity contribution is 5.84. The summed E-state index contributed by atoms with van der Waals surface area (Å²) in [5.41, 5.74) is 0.417. The second-order valence-corrected chi connectivity index (χ2v) is 5.93. The molecule has 0 saturated carbocycles. The molecule has 126 valence electrons. The van der Waals surface area contributed by atoms with Crippen molar-refractivity contribution in [1.29, 1.82) is 0 Å². The molecule has 0 amide bonds. The van der Waals surface area contributed by atoms with Crippen LogP contribution in [0.15, 0.2) is 30.3 Å². The molecule has 1 aromatic rings. The molecule has 0 aliphatic carbocycles. The third-order valence-corrected chi connectivity index (χ3v) is 4.18. The first-order valence-electron chi connectivity index (χ1n) is 8.19. The summed E-state index contributed by atoms with van der Waals surface area (Å²) in [5.74, 6) is -0.620. The number of benzene rings is 1. The molecular formula is C18H25NO4. The first kappa shape index (κ1) is 17.5. The second kappa shape index (κ2) is 8.11. The van der Waals surface area contributed by atoms with Crippen molar-refractivity contribution in [3.05, 3.63) is 35.9 Å². The Kier molecular flexibility index (Phi) is 6.16. The van der Waals surface area contributed by atoms with Gasteiger partial charge in [0.2, 0.25) is 0 Å². The summed E-state index contributed by atoms with van der Waals surface area (Å²) >= 11 is 0. The van der Waals surface area contributed by atoms with Crippen LogP contribution in [0.3, 0.4) is 0 Å². The fraction of sp³-hybridized carbons (Fsp3) is 0.556. The number of hydrogen-bond donors (Lipinski definition) is 0. The molecule has 23 heavy (non-hydrogen) atoms. The van der Waals surface area contributed by atoms with Gasteiger partial charge in [0.05, 0.1) is 25.0 Å². The van der Waals surface area contributed by atoms with Gasteiger partial charge in [-0.2, -0.15) is 0 Å². The van der Waals surface area contributed by atoms with Gasteiger partial charge in [-0.1, -0.05) is 30.3 Å². The predicted octanol–water partition coefficient (Wildman–Crippen LogP) is 2.40. The Hall–Kier alpha value is -1.88. The summed E-state index contributed by atoms with van der Waals surface area (Å²) in [4.78, 5) is 26.6. The number of rotatable bonds is 7. The minimum atomic E-state index is -0.781. The van der Waals surface area contributed by atoms with Gasteiger partial charge in [-0.05, 0) is 32.4 Å². The van der Waals surface area contributed by atoms with E-state index in [1.54, 1.807) is 13.8 Å². The van der Waals surface area contributed by atoms with E-state index >= 15 is 0 Å². The first-order chi connectivity index (χ1) is 11.1. The Morgan fingerprint density at radius 2 is 1.83 bits per heavy atom. The van der Waals surface area contributed by atoms with Crippen molar-refractivity contribution in [3.63, 3.8) is 0 Å². The number of hydrogen-bond acceptors (Lipinski definition) is 5. The van der Waals surface area contributed by atoms with Crippen LogP contribution in [0.1, 0.15) is 32.3 Å². The van der Waals surface area contributed by atoms with Crippen LogP contribution in [0, 0.1) is 5.41 Å². The first-order valence-corrected chi connectivity index (χ1v) is 8.19. The van der Waals surface area contributed by atoms with Crippen LogP contribution in [-0.4, -0.2) is 43.1 Å². The minimum Gasteiger partial charge on any atom is -0.466 e. The minimum absolute atomic E-state index is 0.0883. The monoisotopic (exact) mass is 319 g/mol. The zero-order valence-electron chi connectivity index (χ0n) is 13.9. The van der Waals surface area contributed by atoms with Crippen molar-refractivity contribution in [2.45, 2.75) is 33.2 Å². The van der Waals surface area contributed by atoms with Gasteiger partial charge in [-0.3, -0.25) is 14.5 Å². The molecule has 1 aromatic carbocycles. The largest absolute Gasteiger partial charge is 0.466 e. The maximum absolute atomic E-state index is 12.4. The van der Waals surface area contributed by atoms with Crippen LogP contribution in [0.4, 0.5) is 0 Å². The summed E-state index contributed by atoms with van der Waals surface area (Å²) < 4.78 is 10.3. The van der Waals surface area contributed by atoms with E-state index < -0.39 is 5.41 Å². The van der Waals surface area contributed by atoms with E-state index in [0.29, 0.717) is 26.2 Å². The molecule has 1 heterocycles. The van der Waals surface area contributed by atoms with Crippen LogP contribution in [-0.2, 0) is 25.6 Å². The molecule has 5 nitrogen and oxygen atoms in total. The normalized spacial score (nSPS) is 21.1.